The molecule has 5 rings (SSSR count). The summed E-state index contributed by atoms with van der Waals surface area (Å²) in [6.45, 7) is 5.71. The van der Waals surface area contributed by atoms with Crippen molar-refractivity contribution in [1.82, 2.24) is 5.32 Å². The normalized spacial score (nSPS) is 14.1. The van der Waals surface area contributed by atoms with Gasteiger partial charge in [0.15, 0.2) is 11.6 Å². The van der Waals surface area contributed by atoms with E-state index in [1.807, 2.05) is 50.1 Å². The molecule has 2 N–H and O–H groups in total. The van der Waals surface area contributed by atoms with E-state index in [9.17, 15) is 8.78 Å². The van der Waals surface area contributed by atoms with Crippen LogP contribution in [0.5, 0.6) is 5.75 Å². The molecule has 0 saturated carbocycles. The van der Waals surface area contributed by atoms with E-state index in [1.165, 1.54) is 18.8 Å². The molecule has 190 valence electrons. The molecular formula is C29H30F2KNO4. The van der Waals surface area contributed by atoms with Crippen LogP contribution in [0.4, 0.5) is 8.78 Å². The van der Waals surface area contributed by atoms with Gasteiger partial charge >= 0.3 is 51.4 Å². The van der Waals surface area contributed by atoms with Gasteiger partial charge in [-0.25, -0.2) is 8.78 Å². The number of carbonyl (C=O) groups is 1. The fourth-order valence-electron chi connectivity index (χ4n) is 4.01. The molecule has 1 aliphatic rings. The Morgan fingerprint density at radius 1 is 1.22 bits per heavy atom. The van der Waals surface area contributed by atoms with E-state index in [1.54, 1.807) is 12.1 Å². The minimum Gasteiger partial charge on any atom is -0.501 e. The van der Waals surface area contributed by atoms with Crippen molar-refractivity contribution in [3.8, 4) is 16.9 Å². The maximum Gasteiger partial charge on any atom is 1.00 e. The van der Waals surface area contributed by atoms with Gasteiger partial charge in [-0.1, -0.05) is 19.1 Å². The van der Waals surface area contributed by atoms with Gasteiger partial charge in [0.05, 0.1) is 24.9 Å². The van der Waals surface area contributed by atoms with Gasteiger partial charge in [0.25, 0.3) is 0 Å². The number of rotatable bonds is 6. The number of nitrogens with one attached hydrogen (secondary N) is 1. The van der Waals surface area contributed by atoms with Crippen LogP contribution in [0.25, 0.3) is 22.1 Å². The molecule has 1 aliphatic heterocycles. The van der Waals surface area contributed by atoms with Gasteiger partial charge in [-0.3, -0.25) is 0 Å². The first-order valence-corrected chi connectivity index (χ1v) is 11.8. The predicted octanol–water partition coefficient (Wildman–Crippen LogP) is 2.87. The van der Waals surface area contributed by atoms with Crippen LogP contribution < -0.4 is 61.4 Å². The second kappa shape index (κ2) is 16.1. The first kappa shape index (κ1) is 31.3. The van der Waals surface area contributed by atoms with Crippen LogP contribution >= 0.6 is 0 Å². The zero-order chi connectivity index (χ0) is 25.9. The Balaban J connectivity index is 0.000000413. The van der Waals surface area contributed by atoms with Crippen LogP contribution in [0.1, 0.15) is 30.9 Å². The number of ether oxygens (including phenoxy) is 1. The number of carbonyl (C=O) groups excluding carboxylic acids is 1. The molecule has 1 aromatic heterocycles. The summed E-state index contributed by atoms with van der Waals surface area (Å²) < 4.78 is 39.7. The van der Waals surface area contributed by atoms with E-state index in [2.05, 4.69) is 11.4 Å². The third-order valence-corrected chi connectivity index (χ3v) is 5.92. The van der Waals surface area contributed by atoms with Crippen molar-refractivity contribution in [1.29, 1.82) is 0 Å². The number of hydrogen-bond donors (Lipinski definition) is 2. The summed E-state index contributed by atoms with van der Waals surface area (Å²) in [5, 5.41) is 11.9. The number of furan rings is 1. The van der Waals surface area contributed by atoms with Crippen molar-refractivity contribution in [2.45, 2.75) is 38.8 Å². The molecule has 0 aliphatic carbocycles. The second-order valence-corrected chi connectivity index (χ2v) is 8.24. The van der Waals surface area contributed by atoms with Crippen molar-refractivity contribution < 1.29 is 79.2 Å². The minimum atomic E-state index is -0.880. The summed E-state index contributed by atoms with van der Waals surface area (Å²) in [5.41, 5.74) is 3.29. The molecule has 0 spiro atoms. The molecular weight excluding hydrogens is 503 g/mol. The first-order chi connectivity index (χ1) is 17.6. The standard InChI is InChI=1S/C23H17F2O2.C5H11NO.CH2O.K/c1-2-16-14-27-23-19(12-20(24)22(25)21(16)23)17-8-10-18(11-9-17)26-13-15-6-4-3-5-7-15;7-4-5-2-1-3-6-5;1-2;/h3-4,6-12,14H,2,13H2,1H3;5-7H,1-4H2;1H2;/q-1;;;+1. The molecule has 1 atom stereocenters. The Bertz CT molecular complexity index is 1230. The van der Waals surface area contributed by atoms with Crippen LogP contribution in [-0.4, -0.2) is 31.1 Å². The number of halogens is 2. The number of aliphatic hydroxyl groups excluding tert-OH is 1. The maximum absolute atomic E-state index is 14.2. The molecule has 4 aromatic rings. The Morgan fingerprint density at radius 3 is 2.54 bits per heavy atom. The van der Waals surface area contributed by atoms with Gasteiger partial charge in [0, 0.05) is 17.2 Å². The van der Waals surface area contributed by atoms with Crippen LogP contribution in [0.3, 0.4) is 0 Å². The van der Waals surface area contributed by atoms with Crippen LogP contribution in [0.2, 0.25) is 0 Å². The van der Waals surface area contributed by atoms with Crippen LogP contribution in [-0.2, 0) is 17.8 Å². The molecule has 1 saturated heterocycles. The smallest absolute Gasteiger partial charge is 0.501 e. The first-order valence-electron chi connectivity index (χ1n) is 11.8. The summed E-state index contributed by atoms with van der Waals surface area (Å²) >= 11 is 0. The zero-order valence-electron chi connectivity index (χ0n) is 21.2. The van der Waals surface area contributed by atoms with E-state index in [0.717, 1.165) is 24.1 Å². The summed E-state index contributed by atoms with van der Waals surface area (Å²) in [7, 11) is 0. The number of benzene rings is 3. The fourth-order valence-corrected chi connectivity index (χ4v) is 4.01. The number of aryl methyl sites for hydroxylation is 1. The van der Waals surface area contributed by atoms with Crippen LogP contribution in [0, 0.1) is 17.7 Å². The van der Waals surface area contributed by atoms with Gasteiger partial charge in [0.2, 0.25) is 0 Å². The van der Waals surface area contributed by atoms with Gasteiger partial charge in [-0.15, -0.1) is 5.56 Å². The minimum absolute atomic E-state index is 0. The SMILES string of the molecule is C=O.CCc1coc2c(-c3ccc(OCc4c[c-]ccc4)cc3)cc(F)c(F)c12.OCC1CCCN1.[K+]. The molecule has 37 heavy (non-hydrogen) atoms. The average Bonchev–Trinajstić information content (AvgIpc) is 3.62. The number of aliphatic hydroxyl groups is 1. The molecule has 1 unspecified atom stereocenters. The van der Waals surface area contributed by atoms with Gasteiger partial charge in [0.1, 0.15) is 18.1 Å². The summed E-state index contributed by atoms with van der Waals surface area (Å²) in [6, 6.07) is 19.4. The third kappa shape index (κ3) is 8.28. The largest absolute Gasteiger partial charge is 1.00 e. The molecule has 0 bridgehead atoms. The van der Waals surface area contributed by atoms with Gasteiger partial charge in [-0.05, 0) is 49.6 Å². The third-order valence-electron chi connectivity index (χ3n) is 5.92. The Kier molecular flexibility index (Phi) is 13.7. The molecule has 0 amide bonds. The molecule has 3 aromatic carbocycles. The molecule has 2 heterocycles. The summed E-state index contributed by atoms with van der Waals surface area (Å²) in [6.07, 6.45) is 4.43. The predicted molar refractivity (Wildman–Crippen MR) is 136 cm³/mol. The van der Waals surface area contributed by atoms with E-state index in [0.29, 0.717) is 48.1 Å². The quantitative estimate of drug-likeness (QED) is 0.295. The molecule has 0 radical (unpaired) electrons. The topological polar surface area (TPSA) is 71.7 Å². The monoisotopic (exact) mass is 533 g/mol. The Hall–Kier alpha value is -1.91. The summed E-state index contributed by atoms with van der Waals surface area (Å²) in [4.78, 5) is 8.00. The van der Waals surface area contributed by atoms with Crippen molar-refractivity contribution in [3.05, 3.63) is 89.7 Å². The van der Waals surface area contributed by atoms with E-state index < -0.39 is 11.6 Å². The number of fused-ring (bicyclic) bond motifs is 1. The van der Waals surface area contributed by atoms with Crippen LogP contribution in [0.15, 0.2) is 65.3 Å². The van der Waals surface area contributed by atoms with Crippen molar-refractivity contribution in [3.63, 3.8) is 0 Å². The molecule has 5 nitrogen and oxygen atoms in total. The van der Waals surface area contributed by atoms with Gasteiger partial charge in [-0.2, -0.15) is 30.3 Å². The zero-order valence-corrected chi connectivity index (χ0v) is 24.4. The molecule has 1 fully saturated rings. The Morgan fingerprint density at radius 2 is 1.97 bits per heavy atom. The van der Waals surface area contributed by atoms with E-state index >= 15 is 0 Å². The average molecular weight is 534 g/mol. The van der Waals surface area contributed by atoms with Crippen molar-refractivity contribution >= 4 is 17.8 Å². The second-order valence-electron chi connectivity index (χ2n) is 8.24. The summed E-state index contributed by atoms with van der Waals surface area (Å²) in [5.74, 6) is -1.05. The van der Waals surface area contributed by atoms with Crippen molar-refractivity contribution in [2.24, 2.45) is 0 Å². The van der Waals surface area contributed by atoms with Crippen molar-refractivity contribution in [2.75, 3.05) is 13.2 Å². The maximum atomic E-state index is 14.2. The molecule has 8 heteroatoms. The number of hydrogen-bond acceptors (Lipinski definition) is 5. The Labute approximate surface area is 258 Å². The fraction of sp³-hybridized carbons (Fsp3) is 0.276. The van der Waals surface area contributed by atoms with E-state index in [-0.39, 0.29) is 56.8 Å². The van der Waals surface area contributed by atoms with Gasteiger partial charge < -0.3 is 24.4 Å². The van der Waals surface area contributed by atoms with E-state index in [4.69, 9.17) is 19.1 Å².